The minimum Gasteiger partial charge on any atom is -0.356 e. The van der Waals surface area contributed by atoms with Crippen molar-refractivity contribution in [1.82, 2.24) is 20.3 Å². The second-order valence-corrected chi connectivity index (χ2v) is 8.03. The van der Waals surface area contributed by atoms with Gasteiger partial charge in [0.25, 0.3) is 0 Å². The number of hydrogen-bond donors (Lipinski definition) is 3. The average Bonchev–Trinajstić information content (AvgIpc) is 2.63. The molecule has 0 amide bonds. The highest BCUT2D eigenvalue weighted by atomic mass is 127. The zero-order valence-electron chi connectivity index (χ0n) is 16.4. The van der Waals surface area contributed by atoms with Crippen molar-refractivity contribution in [3.8, 4) is 0 Å². The van der Waals surface area contributed by atoms with E-state index < -0.39 is 10.0 Å². The summed E-state index contributed by atoms with van der Waals surface area (Å²) < 4.78 is 26.7. The molecule has 0 spiro atoms. The van der Waals surface area contributed by atoms with Gasteiger partial charge in [0.1, 0.15) is 4.90 Å². The first-order valence-corrected chi connectivity index (χ1v) is 10.3. The molecule has 0 aliphatic carbocycles. The van der Waals surface area contributed by atoms with E-state index in [0.717, 1.165) is 13.0 Å². The van der Waals surface area contributed by atoms with Gasteiger partial charge in [-0.15, -0.1) is 24.0 Å². The highest BCUT2D eigenvalue weighted by Gasteiger charge is 2.12. The molecule has 1 heterocycles. The van der Waals surface area contributed by atoms with Crippen LogP contribution >= 0.6 is 24.0 Å². The van der Waals surface area contributed by atoms with Crippen LogP contribution in [0.2, 0.25) is 0 Å². The first-order chi connectivity index (χ1) is 12.9. The number of aliphatic imine (C=N–C) groups is 1. The summed E-state index contributed by atoms with van der Waals surface area (Å²) in [4.78, 5) is 8.13. The minimum atomic E-state index is -3.54. The van der Waals surface area contributed by atoms with Crippen molar-refractivity contribution >= 4 is 40.0 Å². The van der Waals surface area contributed by atoms with Gasteiger partial charge < -0.3 is 10.6 Å². The number of nitrogens with one attached hydrogen (secondary N) is 3. The first-order valence-electron chi connectivity index (χ1n) is 8.82. The number of rotatable bonds is 8. The van der Waals surface area contributed by atoms with E-state index in [1.807, 2.05) is 0 Å². The predicted molar refractivity (Wildman–Crippen MR) is 124 cm³/mol. The monoisotopic (exact) mass is 517 g/mol. The molecule has 9 heteroatoms. The number of nitrogens with zero attached hydrogens (tertiary/aromatic N) is 2. The molecule has 0 radical (unpaired) electrons. The highest BCUT2D eigenvalue weighted by Crippen LogP contribution is 2.09. The summed E-state index contributed by atoms with van der Waals surface area (Å²) in [7, 11) is -1.85. The normalized spacial score (nSPS) is 11.6. The lowest BCUT2D eigenvalue weighted by molar-refractivity contribution is 0.580. The zero-order chi connectivity index (χ0) is 19.7. The van der Waals surface area contributed by atoms with E-state index >= 15 is 0 Å². The highest BCUT2D eigenvalue weighted by molar-refractivity contribution is 14.0. The smallest absolute Gasteiger partial charge is 0.242 e. The Morgan fingerprint density at radius 3 is 2.36 bits per heavy atom. The van der Waals surface area contributed by atoms with Gasteiger partial charge in [0, 0.05) is 39.1 Å². The SMILES string of the molecule is CN=C(NCCNS(=O)(=O)c1cccnc1)NCCc1cc(C)cc(C)c1.I. The van der Waals surface area contributed by atoms with Crippen LogP contribution in [0.25, 0.3) is 0 Å². The summed E-state index contributed by atoms with van der Waals surface area (Å²) in [6, 6.07) is 9.62. The van der Waals surface area contributed by atoms with Crippen LogP contribution in [0.4, 0.5) is 0 Å². The molecule has 0 saturated carbocycles. The molecule has 2 aromatic rings. The van der Waals surface area contributed by atoms with E-state index in [1.165, 1.54) is 35.2 Å². The van der Waals surface area contributed by atoms with Gasteiger partial charge in [0.2, 0.25) is 10.0 Å². The maximum atomic E-state index is 12.1. The second-order valence-electron chi connectivity index (χ2n) is 6.26. The third-order valence-corrected chi connectivity index (χ3v) is 5.31. The Morgan fingerprint density at radius 1 is 1.07 bits per heavy atom. The molecule has 2 rings (SSSR count). The Balaban J connectivity index is 0.00000392. The first kappa shape index (κ1) is 24.3. The molecule has 154 valence electrons. The van der Waals surface area contributed by atoms with E-state index in [-0.39, 0.29) is 35.4 Å². The van der Waals surface area contributed by atoms with Crippen molar-refractivity contribution in [2.45, 2.75) is 25.2 Å². The quantitative estimate of drug-likeness (QED) is 0.216. The molecule has 0 fully saturated rings. The van der Waals surface area contributed by atoms with Crippen LogP contribution < -0.4 is 15.4 Å². The van der Waals surface area contributed by atoms with Crippen LogP contribution in [-0.4, -0.2) is 46.0 Å². The fourth-order valence-corrected chi connectivity index (χ4v) is 3.71. The van der Waals surface area contributed by atoms with Crippen molar-refractivity contribution in [2.75, 3.05) is 26.7 Å². The van der Waals surface area contributed by atoms with E-state index in [4.69, 9.17) is 0 Å². The molecule has 7 nitrogen and oxygen atoms in total. The Bertz CT molecular complexity index is 853. The summed E-state index contributed by atoms with van der Waals surface area (Å²) >= 11 is 0. The molecule has 0 aliphatic heterocycles. The maximum Gasteiger partial charge on any atom is 0.242 e. The van der Waals surface area contributed by atoms with E-state index in [9.17, 15) is 8.42 Å². The van der Waals surface area contributed by atoms with Gasteiger partial charge in [-0.2, -0.15) is 0 Å². The van der Waals surface area contributed by atoms with Gasteiger partial charge in [-0.1, -0.05) is 29.3 Å². The van der Waals surface area contributed by atoms with Crippen molar-refractivity contribution in [3.05, 3.63) is 59.4 Å². The lowest BCUT2D eigenvalue weighted by Gasteiger charge is -2.13. The molecule has 1 aromatic carbocycles. The fourth-order valence-electron chi connectivity index (χ4n) is 2.71. The minimum absolute atomic E-state index is 0. The molecule has 3 N–H and O–H groups in total. The fraction of sp³-hybridized carbons (Fsp3) is 0.368. The number of aromatic nitrogens is 1. The Kier molecular flexibility index (Phi) is 10.4. The summed E-state index contributed by atoms with van der Waals surface area (Å²) in [5.41, 5.74) is 3.79. The summed E-state index contributed by atoms with van der Waals surface area (Å²) in [5, 5.41) is 6.34. The molecule has 0 unspecified atom stereocenters. The van der Waals surface area contributed by atoms with Crippen LogP contribution in [0.5, 0.6) is 0 Å². The van der Waals surface area contributed by atoms with Gasteiger partial charge in [0.15, 0.2) is 5.96 Å². The third kappa shape index (κ3) is 8.11. The molecular weight excluding hydrogens is 489 g/mol. The summed E-state index contributed by atoms with van der Waals surface area (Å²) in [6.07, 6.45) is 3.74. The predicted octanol–water partition coefficient (Wildman–Crippen LogP) is 2.00. The van der Waals surface area contributed by atoms with Crippen LogP contribution in [0.3, 0.4) is 0 Å². The summed E-state index contributed by atoms with van der Waals surface area (Å²) in [6.45, 7) is 5.59. The van der Waals surface area contributed by atoms with Crippen molar-refractivity contribution in [2.24, 2.45) is 4.99 Å². The third-order valence-electron chi connectivity index (χ3n) is 3.87. The Hall–Kier alpha value is -1.72. The van der Waals surface area contributed by atoms with Gasteiger partial charge in [-0.3, -0.25) is 9.98 Å². The average molecular weight is 517 g/mol. The van der Waals surface area contributed by atoms with Crippen LogP contribution in [-0.2, 0) is 16.4 Å². The molecule has 0 atom stereocenters. The number of benzene rings is 1. The maximum absolute atomic E-state index is 12.1. The van der Waals surface area contributed by atoms with Crippen LogP contribution in [0.1, 0.15) is 16.7 Å². The van der Waals surface area contributed by atoms with Crippen molar-refractivity contribution in [3.63, 3.8) is 0 Å². The lowest BCUT2D eigenvalue weighted by Crippen LogP contribution is -2.42. The van der Waals surface area contributed by atoms with E-state index in [1.54, 1.807) is 13.1 Å². The largest absolute Gasteiger partial charge is 0.356 e. The molecule has 28 heavy (non-hydrogen) atoms. The standard InChI is InChI=1S/C19H27N5O2S.HI/c1-15-11-16(2)13-17(12-15)6-8-22-19(20-3)23-9-10-24-27(25,26)18-5-4-7-21-14-18;/h4-5,7,11-14,24H,6,8-10H2,1-3H3,(H2,20,22,23);1H. The molecule has 0 aliphatic rings. The Labute approximate surface area is 184 Å². The molecule has 0 saturated heterocycles. The topological polar surface area (TPSA) is 95.5 Å². The van der Waals surface area contributed by atoms with Crippen molar-refractivity contribution < 1.29 is 8.42 Å². The number of hydrogen-bond acceptors (Lipinski definition) is 4. The zero-order valence-corrected chi connectivity index (χ0v) is 19.5. The number of guanidine groups is 1. The van der Waals surface area contributed by atoms with Gasteiger partial charge >= 0.3 is 0 Å². The number of halogens is 1. The number of aryl methyl sites for hydroxylation is 2. The Morgan fingerprint density at radius 2 is 1.75 bits per heavy atom. The van der Waals surface area contributed by atoms with Crippen LogP contribution in [0.15, 0.2) is 52.6 Å². The van der Waals surface area contributed by atoms with Gasteiger partial charge in [0.05, 0.1) is 0 Å². The lowest BCUT2D eigenvalue weighted by atomic mass is 10.1. The number of pyridine rings is 1. The molecule has 1 aromatic heterocycles. The van der Waals surface area contributed by atoms with Crippen LogP contribution in [0, 0.1) is 13.8 Å². The van der Waals surface area contributed by atoms with Gasteiger partial charge in [-0.25, -0.2) is 13.1 Å². The molecule has 0 bridgehead atoms. The van der Waals surface area contributed by atoms with Gasteiger partial charge in [-0.05, 0) is 38.0 Å². The molecular formula is C19H28IN5O2S. The number of sulfonamides is 1. The van der Waals surface area contributed by atoms with Crippen molar-refractivity contribution in [1.29, 1.82) is 0 Å². The van der Waals surface area contributed by atoms with E-state index in [2.05, 4.69) is 57.4 Å². The van der Waals surface area contributed by atoms with E-state index in [0.29, 0.717) is 12.5 Å². The second kappa shape index (κ2) is 12.0. The summed E-state index contributed by atoms with van der Waals surface area (Å²) in [5.74, 6) is 0.639.